The van der Waals surface area contributed by atoms with E-state index in [0.29, 0.717) is 0 Å². The van der Waals surface area contributed by atoms with E-state index in [2.05, 4.69) is 154 Å². The minimum Gasteiger partial charge on any atom is -0.336 e. The van der Waals surface area contributed by atoms with Crippen molar-refractivity contribution >= 4 is 61.8 Å². The van der Waals surface area contributed by atoms with Crippen LogP contribution in [0.15, 0.2) is 128 Å². The molecule has 0 aliphatic heterocycles. The molecule has 0 amide bonds. The van der Waals surface area contributed by atoms with E-state index in [-0.39, 0.29) is 0 Å². The first-order valence-corrected chi connectivity index (χ1v) is 17.1. The number of fused-ring (bicyclic) bond motifs is 9. The average Bonchev–Trinajstić information content (AvgIpc) is 3.77. The lowest BCUT2D eigenvalue weighted by atomic mass is 10.0. The van der Waals surface area contributed by atoms with Crippen LogP contribution in [0.4, 0.5) is 0 Å². The van der Waals surface area contributed by atoms with Crippen molar-refractivity contribution < 1.29 is 0 Å². The molecule has 0 spiro atoms. The number of aromatic nitrogens is 3. The molecule has 8 aromatic rings. The van der Waals surface area contributed by atoms with Crippen LogP contribution >= 0.6 is 0 Å². The Morgan fingerprint density at radius 2 is 1.06 bits per heavy atom. The van der Waals surface area contributed by atoms with Crippen LogP contribution in [0, 0.1) is 0 Å². The summed E-state index contributed by atoms with van der Waals surface area (Å²) in [6, 6.07) is 40.8. The maximum atomic E-state index is 3.95. The van der Waals surface area contributed by atoms with Gasteiger partial charge >= 0.3 is 0 Å². The zero-order valence-corrected chi connectivity index (χ0v) is 26.9. The Balaban J connectivity index is 1.23. The standard InChI is InChI=1S/C45H35N3/c1-2-30-19-21-31(22-20-30)29-46-40-25-23-32(47-42-15-7-3-11-34(42)35-12-4-8-16-43(35)47)27-38(40)39-28-33(24-26-41(39)46)48-44-17-9-5-13-36(44)37-14-6-10-18-45(37)48/h2-7,9,11-15,17,19-28H,1,8,10,16,18,29H2. The Morgan fingerprint density at radius 1 is 0.542 bits per heavy atom. The molecule has 3 heteroatoms. The molecule has 0 bridgehead atoms. The number of rotatable bonds is 5. The van der Waals surface area contributed by atoms with Gasteiger partial charge in [-0.1, -0.05) is 97.6 Å². The van der Waals surface area contributed by atoms with E-state index in [4.69, 9.17) is 0 Å². The molecule has 230 valence electrons. The highest BCUT2D eigenvalue weighted by atomic mass is 15.0. The van der Waals surface area contributed by atoms with Crippen molar-refractivity contribution in [3.8, 4) is 11.4 Å². The molecule has 2 aliphatic rings. The number of hydrogen-bond acceptors (Lipinski definition) is 0. The molecule has 5 aromatic carbocycles. The van der Waals surface area contributed by atoms with Crippen LogP contribution in [0.5, 0.6) is 0 Å². The van der Waals surface area contributed by atoms with Gasteiger partial charge in [0.05, 0.1) is 11.0 Å². The summed E-state index contributed by atoms with van der Waals surface area (Å²) < 4.78 is 7.52. The predicted octanol–water partition coefficient (Wildman–Crippen LogP) is 11.3. The summed E-state index contributed by atoms with van der Waals surface area (Å²) >= 11 is 0. The molecular formula is C45H35N3. The summed E-state index contributed by atoms with van der Waals surface area (Å²) in [5.74, 6) is 0. The van der Waals surface area contributed by atoms with Crippen molar-refractivity contribution in [1.82, 2.24) is 13.7 Å². The molecule has 3 aromatic heterocycles. The van der Waals surface area contributed by atoms with E-state index in [9.17, 15) is 0 Å². The second-order valence-electron chi connectivity index (χ2n) is 13.2. The molecule has 10 rings (SSSR count). The van der Waals surface area contributed by atoms with Crippen molar-refractivity contribution in [2.75, 3.05) is 0 Å². The Bertz CT molecular complexity index is 2490. The summed E-state index contributed by atoms with van der Waals surface area (Å²) in [6.07, 6.45) is 15.4. The van der Waals surface area contributed by atoms with Gasteiger partial charge in [0, 0.05) is 73.0 Å². The van der Waals surface area contributed by atoms with Gasteiger partial charge in [-0.05, 0) is 85.3 Å². The van der Waals surface area contributed by atoms with Crippen molar-refractivity contribution in [3.05, 3.63) is 162 Å². The molecular weight excluding hydrogens is 583 g/mol. The zero-order valence-electron chi connectivity index (χ0n) is 26.9. The third kappa shape index (κ3) is 4.00. The summed E-state index contributed by atoms with van der Waals surface area (Å²) in [7, 11) is 0. The number of benzene rings is 5. The largest absolute Gasteiger partial charge is 0.336 e. The molecule has 48 heavy (non-hydrogen) atoms. The van der Waals surface area contributed by atoms with Crippen LogP contribution in [0.2, 0.25) is 0 Å². The minimum atomic E-state index is 0.801. The minimum absolute atomic E-state index is 0.801. The van der Waals surface area contributed by atoms with Gasteiger partial charge < -0.3 is 13.7 Å². The van der Waals surface area contributed by atoms with Crippen LogP contribution in [-0.4, -0.2) is 13.7 Å². The topological polar surface area (TPSA) is 14.8 Å². The SMILES string of the molecule is C=Cc1ccc(Cn2c3ccc(-n4c5c(c6ccccc64)C=CCC5)cc3c3cc(-n4c5c(c6ccccc64)C=CCC5)ccc32)cc1. The molecule has 0 atom stereocenters. The van der Waals surface area contributed by atoms with E-state index < -0.39 is 0 Å². The van der Waals surface area contributed by atoms with E-state index in [1.807, 2.05) is 6.08 Å². The van der Waals surface area contributed by atoms with Crippen molar-refractivity contribution in [2.45, 2.75) is 32.2 Å². The first-order valence-electron chi connectivity index (χ1n) is 17.1. The lowest BCUT2D eigenvalue weighted by molar-refractivity contribution is 0.866. The van der Waals surface area contributed by atoms with Gasteiger partial charge in [-0.3, -0.25) is 0 Å². The third-order valence-electron chi connectivity index (χ3n) is 10.6. The van der Waals surface area contributed by atoms with Crippen LogP contribution in [0.1, 0.15) is 46.5 Å². The van der Waals surface area contributed by atoms with Gasteiger partial charge in [0.15, 0.2) is 0 Å². The first-order chi connectivity index (χ1) is 23.8. The van der Waals surface area contributed by atoms with Gasteiger partial charge in [-0.2, -0.15) is 0 Å². The monoisotopic (exact) mass is 617 g/mol. The summed E-state index contributed by atoms with van der Waals surface area (Å²) in [4.78, 5) is 0. The Kier molecular flexibility index (Phi) is 6.04. The van der Waals surface area contributed by atoms with Crippen LogP contribution in [0.3, 0.4) is 0 Å². The smallest absolute Gasteiger partial charge is 0.0537 e. The van der Waals surface area contributed by atoms with Gasteiger partial charge in [0.25, 0.3) is 0 Å². The quantitative estimate of drug-likeness (QED) is 0.183. The molecule has 0 saturated carbocycles. The highest BCUT2D eigenvalue weighted by molar-refractivity contribution is 6.10. The molecule has 0 saturated heterocycles. The van der Waals surface area contributed by atoms with Gasteiger partial charge in [-0.25, -0.2) is 0 Å². The molecule has 3 heterocycles. The zero-order chi connectivity index (χ0) is 31.8. The maximum absolute atomic E-state index is 3.95. The highest BCUT2D eigenvalue weighted by Crippen LogP contribution is 2.39. The van der Waals surface area contributed by atoms with Crippen molar-refractivity contribution in [1.29, 1.82) is 0 Å². The van der Waals surface area contributed by atoms with Crippen LogP contribution < -0.4 is 0 Å². The van der Waals surface area contributed by atoms with E-state index in [1.165, 1.54) is 83.1 Å². The first kappa shape index (κ1) is 27.3. The number of nitrogens with zero attached hydrogens (tertiary/aromatic N) is 3. The van der Waals surface area contributed by atoms with Gasteiger partial charge in [0.2, 0.25) is 0 Å². The van der Waals surface area contributed by atoms with Crippen LogP contribution in [0.25, 0.3) is 73.2 Å². The Hall–Kier alpha value is -5.80. The molecule has 0 radical (unpaired) electrons. The molecule has 0 fully saturated rings. The van der Waals surface area contributed by atoms with Gasteiger partial charge in [0.1, 0.15) is 0 Å². The number of para-hydroxylation sites is 2. The second-order valence-corrected chi connectivity index (χ2v) is 13.2. The van der Waals surface area contributed by atoms with E-state index >= 15 is 0 Å². The molecule has 2 aliphatic carbocycles. The van der Waals surface area contributed by atoms with Gasteiger partial charge in [-0.15, -0.1) is 0 Å². The molecule has 0 unspecified atom stereocenters. The molecule has 0 N–H and O–H groups in total. The summed E-state index contributed by atoms with van der Waals surface area (Å²) in [5.41, 5.74) is 15.5. The lowest BCUT2D eigenvalue weighted by Crippen LogP contribution is -2.03. The highest BCUT2D eigenvalue weighted by Gasteiger charge is 2.22. The fourth-order valence-corrected chi connectivity index (χ4v) is 8.40. The number of allylic oxidation sites excluding steroid dienone is 2. The number of hydrogen-bond donors (Lipinski definition) is 0. The third-order valence-corrected chi connectivity index (χ3v) is 10.6. The van der Waals surface area contributed by atoms with Crippen molar-refractivity contribution in [2.24, 2.45) is 0 Å². The second kappa shape index (κ2) is 10.6. The van der Waals surface area contributed by atoms with Crippen LogP contribution in [-0.2, 0) is 19.4 Å². The Labute approximate surface area is 280 Å². The molecule has 3 nitrogen and oxygen atoms in total. The van der Waals surface area contributed by atoms with Crippen molar-refractivity contribution in [3.63, 3.8) is 0 Å². The Morgan fingerprint density at radius 3 is 1.58 bits per heavy atom. The lowest BCUT2D eigenvalue weighted by Gasteiger charge is -2.14. The fourth-order valence-electron chi connectivity index (χ4n) is 8.40. The fraction of sp³-hybridized carbons (Fsp3) is 0.111. The van der Waals surface area contributed by atoms with E-state index in [0.717, 1.165) is 37.8 Å². The maximum Gasteiger partial charge on any atom is 0.0537 e. The van der Waals surface area contributed by atoms with E-state index in [1.54, 1.807) is 0 Å². The summed E-state index contributed by atoms with van der Waals surface area (Å²) in [6.45, 7) is 4.75. The normalized spacial score (nSPS) is 13.9. The predicted molar refractivity (Wildman–Crippen MR) is 203 cm³/mol. The average molecular weight is 618 g/mol. The summed E-state index contributed by atoms with van der Waals surface area (Å²) in [5, 5.41) is 5.23.